The molecule has 3 aromatic carbocycles. The lowest BCUT2D eigenvalue weighted by atomic mass is 9.92. The number of likely N-dealkylation sites (tertiary alicyclic amines) is 3. The van der Waals surface area contributed by atoms with E-state index in [1.54, 1.807) is 68.1 Å². The Labute approximate surface area is 700 Å². The first-order valence-corrected chi connectivity index (χ1v) is 41.2. The molecule has 41 heteroatoms. The van der Waals surface area contributed by atoms with E-state index in [-0.39, 0.29) is 112 Å². The lowest BCUT2D eigenvalue weighted by Gasteiger charge is -2.39. The molecule has 6 aromatic rings. The highest BCUT2D eigenvalue weighted by Gasteiger charge is 2.46. The number of carbonyl (C=O) groups excluding carboxylic acids is 3. The van der Waals surface area contributed by atoms with Crippen LogP contribution in [0.25, 0.3) is 0 Å². The summed E-state index contributed by atoms with van der Waals surface area (Å²) in [5, 5.41) is 43.0. The van der Waals surface area contributed by atoms with Crippen molar-refractivity contribution in [3.05, 3.63) is 186 Å². The van der Waals surface area contributed by atoms with Crippen molar-refractivity contribution in [2.24, 2.45) is 32.7 Å². The Bertz CT molecular complexity index is 4540. The number of aromatic nitrogens is 3. The highest BCUT2D eigenvalue weighted by atomic mass is 79.9. The molecule has 117 heavy (non-hydrogen) atoms. The molecule has 3 aromatic heterocycles. The third kappa shape index (κ3) is 25.3. The Balaban J connectivity index is 0.000000185. The number of carboxylic acid groups (broad SMARTS) is 3. The number of carboxylic acids is 3. The van der Waals surface area contributed by atoms with Crippen molar-refractivity contribution >= 4 is 131 Å². The van der Waals surface area contributed by atoms with Gasteiger partial charge in [-0.05, 0) is 88.3 Å². The molecule has 0 spiro atoms. The van der Waals surface area contributed by atoms with Gasteiger partial charge in [-0.3, -0.25) is 39.4 Å². The number of nitrogens with one attached hydrogen (secondary N) is 3. The number of halogens is 11. The SMILES string of the molecule is CCOC(=O)C1=C(CN2CC(COCC(=O)O)CC(F)(F)C2)NC(c2nccs2)=N[C@H]1c1ccc(F)cc1Br.CCOC(=O)C1=C(CN2CC(COCC(=O)O)CC(F)(F)C2)NC(c2nccs2)=N[C@H]1c1ccc(F)cc1Cl.CCOC(=O)C1=C(CN2CCC(CN(C)CC(=O)O)C(F)C2)NC(c2nccs2)=N[C@H]1c1ccc(F)cc1Br. The van der Waals surface area contributed by atoms with Gasteiger partial charge in [0.05, 0.1) is 69.4 Å². The number of hydrogen-bond acceptors (Lipinski definition) is 27. The standard InChI is InChI=1S/C26H30BrF2N5O4S.C25H26BrF3N4O5S.C25H26ClF3N4O5S/c1-3-38-26(37)22-20(13-34-8-6-15(19(29)12-34)11-33(2)14-21(35)36)31-24(25-30-7-9-39-25)32-23(22)17-5-4-16(28)10-18(17)27;2*1-2-38-24(36)20-18(10-33-9-14(8-25(28,29)13-33)11-37-12-19(34)35)31-22(23-30-5-6-39-23)32-21(20)16-4-3-15(27)7-17(16)26/h4-5,7,9-10,15,19,23H,3,6,8,11-14H2,1-2H3,(H,31,32)(H,35,36);2*3-7,14,21H,2,8-13H2,1H3,(H,31,32)(H,34,35)/t15?,19?,23-;2*14?,21-/m000/s1. The number of ether oxygens (including phenoxy) is 5. The van der Waals surface area contributed by atoms with Crippen molar-refractivity contribution in [1.29, 1.82) is 0 Å². The minimum atomic E-state index is -3.07. The molecule has 27 nitrogen and oxygen atoms in total. The third-order valence-corrected chi connectivity index (χ3v) is 22.7. The minimum Gasteiger partial charge on any atom is -0.480 e. The second kappa shape index (κ2) is 41.9. The zero-order valence-corrected chi connectivity index (χ0v) is 69.6. The molecule has 6 aliphatic heterocycles. The summed E-state index contributed by atoms with van der Waals surface area (Å²) in [4.78, 5) is 106. The average molecular weight is 1850 g/mol. The number of aliphatic carboxylic acids is 3. The number of nitrogens with zero attached hydrogens (tertiary/aromatic N) is 10. The Morgan fingerprint density at radius 3 is 1.28 bits per heavy atom. The van der Waals surface area contributed by atoms with Crippen LogP contribution in [0.3, 0.4) is 0 Å². The molecule has 0 aliphatic carbocycles. The zero-order valence-electron chi connectivity index (χ0n) is 63.2. The van der Waals surface area contributed by atoms with E-state index in [0.29, 0.717) is 89.1 Å². The summed E-state index contributed by atoms with van der Waals surface area (Å²) in [6.45, 7) is 3.89. The van der Waals surface area contributed by atoms with E-state index in [1.165, 1.54) is 86.3 Å². The largest absolute Gasteiger partial charge is 0.480 e. The van der Waals surface area contributed by atoms with E-state index >= 15 is 4.39 Å². The van der Waals surface area contributed by atoms with Crippen LogP contribution in [-0.2, 0) is 52.5 Å². The molecule has 3 saturated heterocycles. The van der Waals surface area contributed by atoms with Crippen molar-refractivity contribution in [2.75, 3.05) is 125 Å². The first-order valence-electron chi connectivity index (χ1n) is 36.6. The Hall–Kier alpha value is -8.55. The lowest BCUT2D eigenvalue weighted by molar-refractivity contribution is -0.145. The Morgan fingerprint density at radius 1 is 0.564 bits per heavy atom. The van der Waals surface area contributed by atoms with E-state index in [1.807, 2.05) is 10.3 Å². The third-order valence-electron chi connectivity index (χ3n) is 18.7. The van der Waals surface area contributed by atoms with E-state index in [0.717, 1.165) is 6.07 Å². The topological polar surface area (TPSA) is 334 Å². The number of hydrogen-bond donors (Lipinski definition) is 6. The van der Waals surface area contributed by atoms with Crippen LogP contribution in [0, 0.1) is 35.2 Å². The maximum atomic E-state index is 15.2. The number of amidine groups is 3. The smallest absolute Gasteiger partial charge is 0.338 e. The van der Waals surface area contributed by atoms with Crippen LogP contribution in [0.4, 0.5) is 35.1 Å². The fourth-order valence-electron chi connectivity index (χ4n) is 14.1. The summed E-state index contributed by atoms with van der Waals surface area (Å²) < 4.78 is 143. The molecule has 630 valence electrons. The van der Waals surface area contributed by atoms with E-state index in [4.69, 9.17) is 60.6 Å². The zero-order chi connectivity index (χ0) is 84.4. The number of piperidine rings is 3. The highest BCUT2D eigenvalue weighted by molar-refractivity contribution is 9.10. The fraction of sp³-hybridized carbons (Fsp3) is 0.447. The Morgan fingerprint density at radius 2 is 0.940 bits per heavy atom. The van der Waals surface area contributed by atoms with Gasteiger partial charge < -0.3 is 55.0 Å². The molecule has 0 amide bonds. The molecule has 12 rings (SSSR count). The average Bonchev–Trinajstić information content (AvgIpc) is 1.77. The van der Waals surface area contributed by atoms with Gasteiger partial charge in [0.15, 0.2) is 32.5 Å². The molecule has 3 fully saturated rings. The molecule has 7 atom stereocenters. The molecule has 4 unspecified atom stereocenters. The predicted molar refractivity (Wildman–Crippen MR) is 425 cm³/mol. The fourth-order valence-corrected chi connectivity index (χ4v) is 17.3. The summed E-state index contributed by atoms with van der Waals surface area (Å²) in [7, 11) is 1.67. The van der Waals surface area contributed by atoms with Crippen molar-refractivity contribution in [3.8, 4) is 0 Å². The van der Waals surface area contributed by atoms with Crippen LogP contribution < -0.4 is 16.0 Å². The number of benzene rings is 3. The van der Waals surface area contributed by atoms with Gasteiger partial charge in [0, 0.05) is 148 Å². The highest BCUT2D eigenvalue weighted by Crippen LogP contribution is 2.43. The van der Waals surface area contributed by atoms with Crippen molar-refractivity contribution in [3.63, 3.8) is 0 Å². The lowest BCUT2D eigenvalue weighted by Crippen LogP contribution is -2.50. The second-order valence-electron chi connectivity index (χ2n) is 27.8. The van der Waals surface area contributed by atoms with E-state index in [2.05, 4.69) is 67.8 Å². The van der Waals surface area contributed by atoms with Crippen LogP contribution >= 0.6 is 77.5 Å². The van der Waals surface area contributed by atoms with Gasteiger partial charge >= 0.3 is 35.8 Å². The van der Waals surface area contributed by atoms with Gasteiger partial charge in [0.25, 0.3) is 11.8 Å². The second-order valence-corrected chi connectivity index (χ2v) is 32.6. The summed E-state index contributed by atoms with van der Waals surface area (Å²) in [5.41, 5.74) is 2.91. The van der Waals surface area contributed by atoms with Crippen LogP contribution in [0.5, 0.6) is 0 Å². The number of carbonyl (C=O) groups is 6. The van der Waals surface area contributed by atoms with Crippen molar-refractivity contribution in [1.82, 2.24) is 50.5 Å². The summed E-state index contributed by atoms with van der Waals surface area (Å²) in [5.74, 6) is -13.4. The van der Waals surface area contributed by atoms with Crippen LogP contribution in [-0.4, -0.2) is 246 Å². The molecule has 9 heterocycles. The van der Waals surface area contributed by atoms with Crippen LogP contribution in [0.1, 0.15) is 89.9 Å². The number of esters is 3. The van der Waals surface area contributed by atoms with Crippen LogP contribution in [0.2, 0.25) is 5.02 Å². The van der Waals surface area contributed by atoms with Gasteiger partial charge in [-0.2, -0.15) is 0 Å². The van der Waals surface area contributed by atoms with Gasteiger partial charge in [-0.25, -0.2) is 74.0 Å². The molecule has 6 aliphatic rings. The summed E-state index contributed by atoms with van der Waals surface area (Å²) >= 11 is 17.1. The normalized spacial score (nSPS) is 21.5. The summed E-state index contributed by atoms with van der Waals surface area (Å²) in [6.07, 6.45) is 3.27. The number of alkyl halides is 5. The predicted octanol–water partition coefficient (Wildman–Crippen LogP) is 11.5. The summed E-state index contributed by atoms with van der Waals surface area (Å²) in [6, 6.07) is 9.15. The maximum Gasteiger partial charge on any atom is 0.338 e. The molecule has 6 N–H and O–H groups in total. The van der Waals surface area contributed by atoms with Crippen molar-refractivity contribution < 1.29 is 103 Å². The molecule has 0 radical (unpaired) electrons. The van der Waals surface area contributed by atoms with E-state index < -0.39 is 140 Å². The van der Waals surface area contributed by atoms with Gasteiger partial charge in [0.2, 0.25) is 0 Å². The monoisotopic (exact) mass is 1840 g/mol. The van der Waals surface area contributed by atoms with Crippen molar-refractivity contribution in [2.45, 2.75) is 76.2 Å². The maximum absolute atomic E-state index is 15.2. The van der Waals surface area contributed by atoms with E-state index in [9.17, 15) is 59.5 Å². The van der Waals surface area contributed by atoms with Gasteiger partial charge in [0.1, 0.15) is 55.0 Å². The Kier molecular flexibility index (Phi) is 32.5. The number of likely N-dealkylation sites (N-methyl/N-ethyl adjacent to an activating group) is 1. The number of thiazole rings is 3. The quantitative estimate of drug-likeness (QED) is 0.0139. The van der Waals surface area contributed by atoms with Gasteiger partial charge in [-0.15, -0.1) is 34.0 Å². The first-order chi connectivity index (χ1) is 55.8. The molecular formula is C76H82Br2ClF8N13O14S3. The molecular weight excluding hydrogens is 1760 g/mol. The van der Waals surface area contributed by atoms with Crippen LogP contribution in [0.15, 0.2) is 147 Å². The number of rotatable bonds is 30. The molecule has 0 bridgehead atoms. The number of aliphatic imine (C=N–C) groups is 3. The minimum absolute atomic E-state index is 0.0328. The van der Waals surface area contributed by atoms with Gasteiger partial charge in [-0.1, -0.05) is 61.7 Å². The first kappa shape index (κ1) is 90.8. The molecule has 0 saturated carbocycles.